The van der Waals surface area contributed by atoms with Gasteiger partial charge in [0.2, 0.25) is 11.8 Å². The number of amides is 2. The summed E-state index contributed by atoms with van der Waals surface area (Å²) >= 11 is 0. The molecule has 0 saturated carbocycles. The van der Waals surface area contributed by atoms with Crippen molar-refractivity contribution < 1.29 is 9.59 Å². The van der Waals surface area contributed by atoms with Crippen molar-refractivity contribution in [2.24, 2.45) is 10.9 Å². The zero-order chi connectivity index (χ0) is 22.5. The molecule has 1 aromatic carbocycles. The van der Waals surface area contributed by atoms with Crippen LogP contribution in [0.4, 0.5) is 5.69 Å². The number of benzene rings is 1. The van der Waals surface area contributed by atoms with Crippen LogP contribution in [0.1, 0.15) is 64.9 Å². The van der Waals surface area contributed by atoms with Gasteiger partial charge in [-0.05, 0) is 50.3 Å². The number of nitrogens with zero attached hydrogens (tertiary/aromatic N) is 2. The molecule has 2 amide bonds. The van der Waals surface area contributed by atoms with Gasteiger partial charge >= 0.3 is 0 Å². The molecule has 1 aliphatic rings. The number of likely N-dealkylation sites (tertiary alicyclic amines) is 1. The molecule has 1 aliphatic heterocycles. The van der Waals surface area contributed by atoms with E-state index in [9.17, 15) is 9.59 Å². The third kappa shape index (κ3) is 10.2. The lowest BCUT2D eigenvalue weighted by Crippen LogP contribution is -2.39. The third-order valence-corrected chi connectivity index (χ3v) is 5.59. The van der Waals surface area contributed by atoms with E-state index in [0.29, 0.717) is 18.9 Å². The fourth-order valence-electron chi connectivity index (χ4n) is 3.46. The molecule has 32 heavy (non-hydrogen) atoms. The van der Waals surface area contributed by atoms with Gasteiger partial charge in [-0.3, -0.25) is 9.59 Å². The number of aliphatic imine (C=N–C) groups is 1. The molecular formula is C24H40IN5O2. The minimum atomic E-state index is -0.00385. The Morgan fingerprint density at radius 1 is 1.19 bits per heavy atom. The molecule has 3 N–H and O–H groups in total. The van der Waals surface area contributed by atoms with Crippen LogP contribution in [-0.2, 0) is 16.1 Å². The maximum absolute atomic E-state index is 12.1. The molecule has 0 spiro atoms. The maximum Gasteiger partial charge on any atom is 0.227 e. The summed E-state index contributed by atoms with van der Waals surface area (Å²) in [5.74, 6) is 1.09. The van der Waals surface area contributed by atoms with Gasteiger partial charge in [-0.2, -0.15) is 0 Å². The van der Waals surface area contributed by atoms with E-state index in [4.69, 9.17) is 0 Å². The van der Waals surface area contributed by atoms with Crippen LogP contribution in [0.3, 0.4) is 0 Å². The van der Waals surface area contributed by atoms with E-state index < -0.39 is 0 Å². The van der Waals surface area contributed by atoms with Crippen molar-refractivity contribution >= 4 is 47.4 Å². The van der Waals surface area contributed by atoms with Crippen LogP contribution in [-0.4, -0.2) is 48.9 Å². The summed E-state index contributed by atoms with van der Waals surface area (Å²) in [5, 5.41) is 9.61. The molecule has 1 unspecified atom stereocenters. The molecule has 8 heteroatoms. The van der Waals surface area contributed by atoms with Gasteiger partial charge in [0.05, 0.1) is 6.54 Å². The quantitative estimate of drug-likeness (QED) is 0.175. The number of guanidine groups is 1. The SMILES string of the molecule is CCNC(=NCc1cccc(NC(=O)C(C)CC)c1)NCCCN1CCCCCC1=O.I. The molecule has 1 atom stereocenters. The normalized spacial score (nSPS) is 15.4. The summed E-state index contributed by atoms with van der Waals surface area (Å²) < 4.78 is 0. The first kappa shape index (κ1) is 28.2. The molecule has 0 aromatic heterocycles. The van der Waals surface area contributed by atoms with Crippen molar-refractivity contribution in [1.82, 2.24) is 15.5 Å². The number of halogens is 1. The van der Waals surface area contributed by atoms with Crippen molar-refractivity contribution in [2.45, 2.75) is 65.8 Å². The van der Waals surface area contributed by atoms with Crippen molar-refractivity contribution in [1.29, 1.82) is 0 Å². The number of hydrogen-bond acceptors (Lipinski definition) is 3. The van der Waals surface area contributed by atoms with Crippen LogP contribution in [0.2, 0.25) is 0 Å². The van der Waals surface area contributed by atoms with Gasteiger partial charge in [0.1, 0.15) is 0 Å². The number of anilines is 1. The second-order valence-electron chi connectivity index (χ2n) is 8.17. The van der Waals surface area contributed by atoms with E-state index in [2.05, 4.69) is 20.9 Å². The molecule has 0 aliphatic carbocycles. The molecule has 180 valence electrons. The Hall–Kier alpha value is -1.84. The summed E-state index contributed by atoms with van der Waals surface area (Å²) in [5.41, 5.74) is 1.84. The van der Waals surface area contributed by atoms with E-state index >= 15 is 0 Å². The molecular weight excluding hydrogens is 517 g/mol. The fraction of sp³-hybridized carbons (Fsp3) is 0.625. The standard InChI is InChI=1S/C24H39N5O2.HI/c1-4-19(3)23(31)28-21-12-9-11-20(17-21)18-27-24(25-5-2)26-14-10-16-29-15-8-6-7-13-22(29)30;/h9,11-12,17,19H,4-8,10,13-16,18H2,1-3H3,(H,28,31)(H2,25,26,27);1H. The number of carbonyl (C=O) groups is 2. The molecule has 1 saturated heterocycles. The minimum absolute atomic E-state index is 0. The highest BCUT2D eigenvalue weighted by Crippen LogP contribution is 2.14. The van der Waals surface area contributed by atoms with Gasteiger partial charge in [0.15, 0.2) is 5.96 Å². The zero-order valence-corrected chi connectivity index (χ0v) is 22.1. The lowest BCUT2D eigenvalue weighted by molar-refractivity contribution is -0.130. The summed E-state index contributed by atoms with van der Waals surface area (Å²) in [7, 11) is 0. The number of rotatable bonds is 10. The van der Waals surface area contributed by atoms with E-state index in [1.807, 2.05) is 49.9 Å². The van der Waals surface area contributed by atoms with E-state index in [-0.39, 0.29) is 35.8 Å². The van der Waals surface area contributed by atoms with Crippen LogP contribution in [0.5, 0.6) is 0 Å². The van der Waals surface area contributed by atoms with Crippen molar-refractivity contribution in [3.05, 3.63) is 29.8 Å². The van der Waals surface area contributed by atoms with Gasteiger partial charge in [-0.25, -0.2) is 4.99 Å². The van der Waals surface area contributed by atoms with Crippen molar-refractivity contribution in [2.75, 3.05) is 31.5 Å². The second kappa shape index (κ2) is 15.9. The van der Waals surface area contributed by atoms with Gasteiger partial charge < -0.3 is 20.9 Å². The van der Waals surface area contributed by atoms with Gasteiger partial charge in [0.25, 0.3) is 0 Å². The molecule has 1 heterocycles. The summed E-state index contributed by atoms with van der Waals surface area (Å²) in [4.78, 5) is 30.9. The Balaban J connectivity index is 0.00000512. The van der Waals surface area contributed by atoms with Crippen LogP contribution >= 0.6 is 24.0 Å². The predicted molar refractivity (Wildman–Crippen MR) is 142 cm³/mol. The first-order chi connectivity index (χ1) is 15.0. The van der Waals surface area contributed by atoms with Gasteiger partial charge in [-0.1, -0.05) is 32.4 Å². The molecule has 7 nitrogen and oxygen atoms in total. The second-order valence-corrected chi connectivity index (χ2v) is 8.17. The third-order valence-electron chi connectivity index (χ3n) is 5.59. The van der Waals surface area contributed by atoms with Gasteiger partial charge in [0, 0.05) is 44.2 Å². The Labute approximate surface area is 210 Å². The maximum atomic E-state index is 12.1. The summed E-state index contributed by atoms with van der Waals surface area (Å²) in [6.07, 6.45) is 5.69. The Morgan fingerprint density at radius 2 is 2.00 bits per heavy atom. The average Bonchev–Trinajstić information content (AvgIpc) is 2.98. The predicted octanol–water partition coefficient (Wildman–Crippen LogP) is 4.14. The van der Waals surface area contributed by atoms with E-state index in [1.54, 1.807) is 0 Å². The number of nitrogens with one attached hydrogen (secondary N) is 3. The average molecular weight is 558 g/mol. The number of hydrogen-bond donors (Lipinski definition) is 3. The highest BCUT2D eigenvalue weighted by molar-refractivity contribution is 14.0. The minimum Gasteiger partial charge on any atom is -0.357 e. The lowest BCUT2D eigenvalue weighted by Gasteiger charge is -2.20. The van der Waals surface area contributed by atoms with Crippen LogP contribution < -0.4 is 16.0 Å². The monoisotopic (exact) mass is 557 g/mol. The van der Waals surface area contributed by atoms with Crippen molar-refractivity contribution in [3.63, 3.8) is 0 Å². The Bertz CT molecular complexity index is 741. The highest BCUT2D eigenvalue weighted by atomic mass is 127. The topological polar surface area (TPSA) is 85.8 Å². The van der Waals surface area contributed by atoms with Gasteiger partial charge in [-0.15, -0.1) is 24.0 Å². The molecule has 0 radical (unpaired) electrons. The van der Waals surface area contributed by atoms with Crippen LogP contribution in [0, 0.1) is 5.92 Å². The van der Waals surface area contributed by atoms with E-state index in [1.165, 1.54) is 0 Å². The first-order valence-electron chi connectivity index (χ1n) is 11.7. The summed E-state index contributed by atoms with van der Waals surface area (Å²) in [6.45, 7) is 9.73. The molecule has 1 fully saturated rings. The molecule has 0 bridgehead atoms. The number of carbonyl (C=O) groups excluding carboxylic acids is 2. The molecule has 1 aromatic rings. The fourth-order valence-corrected chi connectivity index (χ4v) is 3.46. The lowest BCUT2D eigenvalue weighted by atomic mass is 10.1. The van der Waals surface area contributed by atoms with Crippen LogP contribution in [0.15, 0.2) is 29.3 Å². The molecule has 2 rings (SSSR count). The van der Waals surface area contributed by atoms with Crippen molar-refractivity contribution in [3.8, 4) is 0 Å². The van der Waals surface area contributed by atoms with E-state index in [0.717, 1.165) is 75.5 Å². The zero-order valence-electron chi connectivity index (χ0n) is 19.8. The first-order valence-corrected chi connectivity index (χ1v) is 11.7. The smallest absolute Gasteiger partial charge is 0.227 e. The van der Waals surface area contributed by atoms with Crippen LogP contribution in [0.25, 0.3) is 0 Å². The highest BCUT2D eigenvalue weighted by Gasteiger charge is 2.15. The Morgan fingerprint density at radius 3 is 2.75 bits per heavy atom. The summed E-state index contributed by atoms with van der Waals surface area (Å²) in [6, 6.07) is 7.83. The Kier molecular flexibility index (Phi) is 14.0. The largest absolute Gasteiger partial charge is 0.357 e.